The minimum atomic E-state index is -0.337. The number of carbonyl (C=O) groups is 1. The first-order valence-corrected chi connectivity index (χ1v) is 9.08. The molecule has 0 bridgehead atoms. The zero-order valence-electron chi connectivity index (χ0n) is 13.9. The van der Waals surface area contributed by atoms with Crippen LogP contribution < -0.4 is 10.1 Å². The highest BCUT2D eigenvalue weighted by Crippen LogP contribution is 2.32. The molecule has 0 spiro atoms. The Morgan fingerprint density at radius 1 is 1.15 bits per heavy atom. The van der Waals surface area contributed by atoms with Crippen molar-refractivity contribution in [2.75, 3.05) is 5.32 Å². The highest BCUT2D eigenvalue weighted by atomic mass is 79.9. The predicted octanol–water partition coefficient (Wildman–Crippen LogP) is 5.50. The molecule has 2 aromatic carbocycles. The van der Waals surface area contributed by atoms with Crippen LogP contribution in [0.5, 0.6) is 11.6 Å². The lowest BCUT2D eigenvalue weighted by molar-refractivity contribution is 0.102. The third kappa shape index (κ3) is 4.20. The lowest BCUT2D eigenvalue weighted by Crippen LogP contribution is -2.14. The van der Waals surface area contributed by atoms with Crippen molar-refractivity contribution in [1.82, 2.24) is 9.97 Å². The van der Waals surface area contributed by atoms with Gasteiger partial charge in [-0.3, -0.25) is 4.79 Å². The van der Waals surface area contributed by atoms with Crippen LogP contribution in [0.1, 0.15) is 22.8 Å². The molecule has 0 aliphatic carbocycles. The Balaban J connectivity index is 1.80. The Morgan fingerprint density at radius 3 is 2.58 bits per heavy atom. The number of hydrogen-bond acceptors (Lipinski definition) is 4. The van der Waals surface area contributed by atoms with Gasteiger partial charge in [0, 0.05) is 4.47 Å². The standard InChI is InChI=1S/C19H15BrClN3O2/c1-2-12-7-9-13(10-8-12)26-19-16(21)17(22-11-23-19)24-18(25)14-5-3-4-6-15(14)20/h3-11H,2H2,1H3,(H,22,23,24,25). The molecule has 0 aliphatic rings. The molecule has 1 amide bonds. The monoisotopic (exact) mass is 431 g/mol. The van der Waals surface area contributed by atoms with E-state index in [-0.39, 0.29) is 22.6 Å². The number of ether oxygens (including phenoxy) is 1. The molecule has 26 heavy (non-hydrogen) atoms. The third-order valence-corrected chi connectivity index (χ3v) is 4.69. The molecule has 7 heteroatoms. The fraction of sp³-hybridized carbons (Fsp3) is 0.105. The van der Waals surface area contributed by atoms with E-state index in [0.29, 0.717) is 15.8 Å². The number of benzene rings is 2. The van der Waals surface area contributed by atoms with Gasteiger partial charge in [-0.2, -0.15) is 4.98 Å². The summed E-state index contributed by atoms with van der Waals surface area (Å²) in [5.74, 6) is 0.623. The van der Waals surface area contributed by atoms with Crippen LogP contribution in [0.15, 0.2) is 59.3 Å². The summed E-state index contributed by atoms with van der Waals surface area (Å²) in [7, 11) is 0. The van der Waals surface area contributed by atoms with Gasteiger partial charge in [-0.05, 0) is 52.2 Å². The highest BCUT2D eigenvalue weighted by Gasteiger charge is 2.16. The number of halogens is 2. The van der Waals surface area contributed by atoms with Crippen LogP contribution in [0.25, 0.3) is 0 Å². The van der Waals surface area contributed by atoms with E-state index in [1.807, 2.05) is 30.3 Å². The van der Waals surface area contributed by atoms with Crippen LogP contribution in [0, 0.1) is 0 Å². The van der Waals surface area contributed by atoms with Gasteiger partial charge < -0.3 is 10.1 Å². The Labute approximate surface area is 164 Å². The molecule has 0 aliphatic heterocycles. The minimum Gasteiger partial charge on any atom is -0.437 e. The summed E-state index contributed by atoms with van der Waals surface area (Å²) in [6, 6.07) is 14.7. The summed E-state index contributed by atoms with van der Waals surface area (Å²) >= 11 is 9.66. The Bertz CT molecular complexity index is 932. The zero-order valence-corrected chi connectivity index (χ0v) is 16.2. The van der Waals surface area contributed by atoms with E-state index in [1.165, 1.54) is 11.9 Å². The molecule has 0 saturated carbocycles. The van der Waals surface area contributed by atoms with Gasteiger partial charge >= 0.3 is 0 Å². The third-order valence-electron chi connectivity index (χ3n) is 3.65. The number of hydrogen-bond donors (Lipinski definition) is 1. The molecule has 1 N–H and O–H groups in total. The average molecular weight is 433 g/mol. The number of nitrogens with one attached hydrogen (secondary N) is 1. The van der Waals surface area contributed by atoms with Gasteiger partial charge in [0.05, 0.1) is 5.56 Å². The van der Waals surface area contributed by atoms with E-state index in [9.17, 15) is 4.79 Å². The minimum absolute atomic E-state index is 0.132. The number of nitrogens with zero attached hydrogens (tertiary/aromatic N) is 2. The zero-order chi connectivity index (χ0) is 18.5. The van der Waals surface area contributed by atoms with Crippen LogP contribution in [-0.2, 0) is 6.42 Å². The van der Waals surface area contributed by atoms with Gasteiger partial charge in [0.15, 0.2) is 5.82 Å². The lowest BCUT2D eigenvalue weighted by atomic mass is 10.2. The quantitative estimate of drug-likeness (QED) is 0.578. The largest absolute Gasteiger partial charge is 0.437 e. The lowest BCUT2D eigenvalue weighted by Gasteiger charge is -2.11. The maximum atomic E-state index is 12.4. The van der Waals surface area contributed by atoms with E-state index in [0.717, 1.165) is 6.42 Å². The first kappa shape index (κ1) is 18.4. The van der Waals surface area contributed by atoms with Gasteiger partial charge in [-0.15, -0.1) is 0 Å². The van der Waals surface area contributed by atoms with Crippen molar-refractivity contribution in [2.45, 2.75) is 13.3 Å². The molecule has 0 fully saturated rings. The van der Waals surface area contributed by atoms with E-state index >= 15 is 0 Å². The number of rotatable bonds is 5. The maximum absolute atomic E-state index is 12.4. The summed E-state index contributed by atoms with van der Waals surface area (Å²) < 4.78 is 6.39. The van der Waals surface area contributed by atoms with Crippen molar-refractivity contribution in [2.24, 2.45) is 0 Å². The van der Waals surface area contributed by atoms with Crippen molar-refractivity contribution < 1.29 is 9.53 Å². The number of carbonyl (C=O) groups excluding carboxylic acids is 1. The van der Waals surface area contributed by atoms with Gasteiger partial charge in [-0.25, -0.2) is 4.98 Å². The number of aryl methyl sites for hydroxylation is 1. The summed E-state index contributed by atoms with van der Waals surface area (Å²) in [5, 5.41) is 2.81. The van der Waals surface area contributed by atoms with Gasteiger partial charge in [0.1, 0.15) is 17.1 Å². The summed E-state index contributed by atoms with van der Waals surface area (Å²) in [5.41, 5.74) is 1.67. The number of anilines is 1. The Hall–Kier alpha value is -2.44. The average Bonchev–Trinajstić information content (AvgIpc) is 2.66. The van der Waals surface area contributed by atoms with E-state index in [2.05, 4.69) is 38.1 Å². The van der Waals surface area contributed by atoms with Crippen LogP contribution in [0.2, 0.25) is 5.02 Å². The van der Waals surface area contributed by atoms with E-state index in [4.69, 9.17) is 16.3 Å². The molecule has 132 valence electrons. The fourth-order valence-electron chi connectivity index (χ4n) is 2.24. The van der Waals surface area contributed by atoms with Gasteiger partial charge in [0.25, 0.3) is 5.91 Å². The topological polar surface area (TPSA) is 64.1 Å². The molecule has 5 nitrogen and oxygen atoms in total. The summed E-state index contributed by atoms with van der Waals surface area (Å²) in [4.78, 5) is 20.5. The van der Waals surface area contributed by atoms with Crippen LogP contribution in [0.4, 0.5) is 5.82 Å². The van der Waals surface area contributed by atoms with E-state index < -0.39 is 0 Å². The predicted molar refractivity (Wildman–Crippen MR) is 105 cm³/mol. The molecular weight excluding hydrogens is 418 g/mol. The first-order valence-electron chi connectivity index (χ1n) is 7.91. The molecular formula is C19H15BrClN3O2. The molecule has 1 aromatic heterocycles. The maximum Gasteiger partial charge on any atom is 0.258 e. The Morgan fingerprint density at radius 2 is 1.88 bits per heavy atom. The summed E-state index contributed by atoms with van der Waals surface area (Å²) in [6.45, 7) is 2.08. The number of amides is 1. The van der Waals surface area contributed by atoms with Crippen LogP contribution in [0.3, 0.4) is 0 Å². The van der Waals surface area contributed by atoms with E-state index in [1.54, 1.807) is 18.2 Å². The van der Waals surface area contributed by atoms with Crippen LogP contribution in [-0.4, -0.2) is 15.9 Å². The normalized spacial score (nSPS) is 10.4. The van der Waals surface area contributed by atoms with Crippen molar-refractivity contribution in [3.05, 3.63) is 75.5 Å². The molecule has 3 rings (SSSR count). The smallest absolute Gasteiger partial charge is 0.258 e. The van der Waals surface area contributed by atoms with Gasteiger partial charge in [-0.1, -0.05) is 42.8 Å². The molecule has 0 atom stereocenters. The fourth-order valence-corrected chi connectivity index (χ4v) is 2.89. The summed E-state index contributed by atoms with van der Waals surface area (Å²) in [6.07, 6.45) is 2.23. The van der Waals surface area contributed by atoms with Crippen molar-refractivity contribution >= 4 is 39.3 Å². The van der Waals surface area contributed by atoms with Crippen molar-refractivity contribution in [3.63, 3.8) is 0 Å². The molecule has 3 aromatic rings. The molecule has 0 unspecified atom stereocenters. The molecule has 0 saturated heterocycles. The molecule has 0 radical (unpaired) electrons. The Kier molecular flexibility index (Phi) is 5.85. The number of aromatic nitrogens is 2. The second-order valence-corrected chi connectivity index (χ2v) is 6.61. The first-order chi connectivity index (χ1) is 12.6. The highest BCUT2D eigenvalue weighted by molar-refractivity contribution is 9.10. The van der Waals surface area contributed by atoms with Crippen LogP contribution >= 0.6 is 27.5 Å². The SMILES string of the molecule is CCc1ccc(Oc2ncnc(NC(=O)c3ccccc3Br)c2Cl)cc1. The molecule has 1 heterocycles. The van der Waals surface area contributed by atoms with Crippen molar-refractivity contribution in [3.8, 4) is 11.6 Å². The second kappa shape index (κ2) is 8.29. The second-order valence-electron chi connectivity index (χ2n) is 5.37. The van der Waals surface area contributed by atoms with Gasteiger partial charge in [0.2, 0.25) is 5.88 Å². The van der Waals surface area contributed by atoms with Crippen molar-refractivity contribution in [1.29, 1.82) is 0 Å².